The maximum atomic E-state index is 13.5. The summed E-state index contributed by atoms with van der Waals surface area (Å²) in [6, 6.07) is 17.4. The molecule has 39 heavy (non-hydrogen) atoms. The number of rotatable bonds is 10. The lowest BCUT2D eigenvalue weighted by Gasteiger charge is -2.18. The zero-order valence-corrected chi connectivity index (χ0v) is 21.6. The molecule has 2 heterocycles. The Morgan fingerprint density at radius 1 is 1.00 bits per heavy atom. The summed E-state index contributed by atoms with van der Waals surface area (Å²) in [5, 5.41) is 3.49. The van der Waals surface area contributed by atoms with Gasteiger partial charge in [0.05, 0.1) is 20.2 Å². The van der Waals surface area contributed by atoms with Crippen LogP contribution in [0, 0.1) is 5.95 Å². The number of ether oxygens (including phenoxy) is 3. The molecule has 1 atom stereocenters. The lowest BCUT2D eigenvalue weighted by atomic mass is 10.2. The molecular formula is C26H23ClFN5O6. The largest absolute Gasteiger partial charge is 0.467 e. The molecule has 0 saturated carbocycles. The summed E-state index contributed by atoms with van der Waals surface area (Å²) in [7, 11) is 2.44. The van der Waals surface area contributed by atoms with Crippen LogP contribution in [0.2, 0.25) is 5.02 Å². The van der Waals surface area contributed by atoms with Gasteiger partial charge in [0.1, 0.15) is 5.75 Å². The van der Waals surface area contributed by atoms with Crippen molar-refractivity contribution >= 4 is 29.2 Å². The first-order chi connectivity index (χ1) is 18.8. The van der Waals surface area contributed by atoms with Crippen molar-refractivity contribution in [2.24, 2.45) is 0 Å². The van der Waals surface area contributed by atoms with E-state index in [0.717, 1.165) is 4.57 Å². The number of pyridine rings is 1. The van der Waals surface area contributed by atoms with Crippen LogP contribution in [0.5, 0.6) is 11.6 Å². The van der Waals surface area contributed by atoms with Crippen LogP contribution in [-0.2, 0) is 27.4 Å². The Kier molecular flexibility index (Phi) is 8.69. The predicted octanol–water partition coefficient (Wildman–Crippen LogP) is 3.36. The molecule has 0 aliphatic rings. The lowest BCUT2D eigenvalue weighted by Crippen LogP contribution is -2.46. The van der Waals surface area contributed by atoms with Crippen molar-refractivity contribution in [1.29, 1.82) is 0 Å². The highest BCUT2D eigenvalue weighted by atomic mass is 35.5. The van der Waals surface area contributed by atoms with E-state index in [2.05, 4.69) is 20.0 Å². The Bertz CT molecular complexity index is 1570. The molecule has 2 aromatic carbocycles. The number of aromatic nitrogens is 4. The maximum Gasteiger partial charge on any atom is 0.355 e. The van der Waals surface area contributed by atoms with Crippen LogP contribution in [0.25, 0.3) is 0 Å². The zero-order valence-electron chi connectivity index (χ0n) is 20.8. The Morgan fingerprint density at radius 3 is 2.36 bits per heavy atom. The minimum absolute atomic E-state index is 0.0356. The first kappa shape index (κ1) is 27.5. The summed E-state index contributed by atoms with van der Waals surface area (Å²) < 4.78 is 30.7. The molecule has 0 unspecified atom stereocenters. The van der Waals surface area contributed by atoms with E-state index < -0.39 is 35.9 Å². The molecule has 0 radical (unpaired) electrons. The number of halogens is 2. The second kappa shape index (κ2) is 12.3. The minimum Gasteiger partial charge on any atom is -0.467 e. The van der Waals surface area contributed by atoms with Crippen LogP contribution in [0.1, 0.15) is 5.56 Å². The molecule has 4 rings (SSSR count). The SMILES string of the molecule is COC(=O)[C@@H](Cn1c(=O)nc(Nc2ccc(Oc3cccc(F)n3)cc2)n(Cc2ccc(Cl)cc2)c1=O)OC. The molecule has 0 spiro atoms. The van der Waals surface area contributed by atoms with Gasteiger partial charge in [-0.25, -0.2) is 19.0 Å². The van der Waals surface area contributed by atoms with E-state index >= 15 is 0 Å². The number of nitrogens with zero attached hydrogens (tertiary/aromatic N) is 4. The van der Waals surface area contributed by atoms with E-state index in [1.54, 1.807) is 48.5 Å². The predicted molar refractivity (Wildman–Crippen MR) is 140 cm³/mol. The van der Waals surface area contributed by atoms with E-state index in [4.69, 9.17) is 21.1 Å². The quantitative estimate of drug-likeness (QED) is 0.231. The Balaban J connectivity index is 1.66. The number of anilines is 2. The van der Waals surface area contributed by atoms with Gasteiger partial charge in [-0.05, 0) is 48.0 Å². The third kappa shape index (κ3) is 6.86. The maximum absolute atomic E-state index is 13.5. The van der Waals surface area contributed by atoms with Crippen molar-refractivity contribution in [3.05, 3.63) is 104 Å². The molecule has 0 saturated heterocycles. The second-order valence-electron chi connectivity index (χ2n) is 8.12. The lowest BCUT2D eigenvalue weighted by molar-refractivity contribution is -0.153. The van der Waals surface area contributed by atoms with Gasteiger partial charge in [0.25, 0.3) is 0 Å². The average molecular weight is 556 g/mol. The van der Waals surface area contributed by atoms with Gasteiger partial charge < -0.3 is 19.5 Å². The van der Waals surface area contributed by atoms with Gasteiger partial charge in [-0.1, -0.05) is 29.8 Å². The summed E-state index contributed by atoms with van der Waals surface area (Å²) >= 11 is 5.99. The fraction of sp³-hybridized carbons (Fsp3) is 0.192. The van der Waals surface area contributed by atoms with Crippen LogP contribution in [-0.4, -0.2) is 45.4 Å². The fourth-order valence-electron chi connectivity index (χ4n) is 3.54. The Morgan fingerprint density at radius 2 is 1.72 bits per heavy atom. The molecule has 1 N–H and O–H groups in total. The molecule has 4 aromatic rings. The number of carbonyl (C=O) groups is 1. The molecule has 11 nitrogen and oxygen atoms in total. The van der Waals surface area contributed by atoms with Crippen LogP contribution in [0.15, 0.2) is 76.3 Å². The zero-order chi connectivity index (χ0) is 27.9. The van der Waals surface area contributed by atoms with E-state index in [0.29, 0.717) is 22.0 Å². The van der Waals surface area contributed by atoms with Gasteiger partial charge in [0.2, 0.25) is 17.8 Å². The van der Waals surface area contributed by atoms with Crippen molar-refractivity contribution in [2.75, 3.05) is 19.5 Å². The third-order valence-electron chi connectivity index (χ3n) is 5.52. The number of hydrogen-bond donors (Lipinski definition) is 1. The monoisotopic (exact) mass is 555 g/mol. The smallest absolute Gasteiger partial charge is 0.355 e. The molecule has 0 fully saturated rings. The number of esters is 1. The number of hydrogen-bond acceptors (Lipinski definition) is 9. The van der Waals surface area contributed by atoms with Gasteiger partial charge in [-0.2, -0.15) is 14.4 Å². The van der Waals surface area contributed by atoms with E-state index in [1.807, 2.05) is 0 Å². The highest BCUT2D eigenvalue weighted by molar-refractivity contribution is 6.30. The molecule has 0 bridgehead atoms. The van der Waals surface area contributed by atoms with Gasteiger partial charge in [-0.15, -0.1) is 0 Å². The Labute approximate surface area is 226 Å². The summed E-state index contributed by atoms with van der Waals surface area (Å²) in [6.45, 7) is -0.358. The van der Waals surface area contributed by atoms with Crippen molar-refractivity contribution in [3.8, 4) is 11.6 Å². The molecule has 13 heteroatoms. The summed E-state index contributed by atoms with van der Waals surface area (Å²) in [5.74, 6) is -0.989. The fourth-order valence-corrected chi connectivity index (χ4v) is 3.67. The van der Waals surface area contributed by atoms with Crippen molar-refractivity contribution in [3.63, 3.8) is 0 Å². The minimum atomic E-state index is -1.19. The van der Waals surface area contributed by atoms with Crippen molar-refractivity contribution < 1.29 is 23.4 Å². The first-order valence-corrected chi connectivity index (χ1v) is 11.9. The first-order valence-electron chi connectivity index (χ1n) is 11.5. The summed E-state index contributed by atoms with van der Waals surface area (Å²) in [4.78, 5) is 46.0. The van der Waals surface area contributed by atoms with Crippen LogP contribution < -0.4 is 21.4 Å². The van der Waals surface area contributed by atoms with Gasteiger partial charge >= 0.3 is 17.3 Å². The van der Waals surface area contributed by atoms with Crippen molar-refractivity contribution in [1.82, 2.24) is 19.1 Å². The molecule has 202 valence electrons. The molecule has 2 aromatic heterocycles. The standard InChI is InChI=1S/C26H23ClFN5O6/c1-37-20(23(34)38-2)15-33-25(35)31-24(32(26(33)36)14-16-6-8-17(27)9-7-16)29-18-10-12-19(13-11-18)39-22-5-3-4-21(28)30-22/h3-13,20H,14-15H2,1-2H3,(H,29,31,35)/t20-/m1/s1. The topological polar surface area (TPSA) is 127 Å². The highest BCUT2D eigenvalue weighted by Gasteiger charge is 2.23. The molecule has 0 amide bonds. The van der Waals surface area contributed by atoms with E-state index in [9.17, 15) is 18.8 Å². The number of benzene rings is 2. The van der Waals surface area contributed by atoms with E-state index in [-0.39, 0.29) is 18.4 Å². The second-order valence-corrected chi connectivity index (χ2v) is 8.56. The van der Waals surface area contributed by atoms with Crippen molar-refractivity contribution in [2.45, 2.75) is 19.2 Å². The highest BCUT2D eigenvalue weighted by Crippen LogP contribution is 2.23. The number of methoxy groups -OCH3 is 2. The molecule has 0 aliphatic heterocycles. The normalized spacial score (nSPS) is 11.6. The third-order valence-corrected chi connectivity index (χ3v) is 5.78. The van der Waals surface area contributed by atoms with Gasteiger partial charge in [0.15, 0.2) is 6.10 Å². The molecule has 0 aliphatic carbocycles. The molecular weight excluding hydrogens is 533 g/mol. The number of carbonyl (C=O) groups excluding carboxylic acids is 1. The average Bonchev–Trinajstić information content (AvgIpc) is 2.92. The summed E-state index contributed by atoms with van der Waals surface area (Å²) in [5.41, 5.74) is -0.430. The summed E-state index contributed by atoms with van der Waals surface area (Å²) in [6.07, 6.45) is -1.19. The van der Waals surface area contributed by atoms with Crippen LogP contribution >= 0.6 is 11.6 Å². The van der Waals surface area contributed by atoms with E-state index in [1.165, 1.54) is 37.0 Å². The van der Waals surface area contributed by atoms with Crippen LogP contribution in [0.3, 0.4) is 0 Å². The Hall–Kier alpha value is -4.55. The van der Waals surface area contributed by atoms with Gasteiger partial charge in [-0.3, -0.25) is 4.57 Å². The van der Waals surface area contributed by atoms with Crippen LogP contribution in [0.4, 0.5) is 16.0 Å². The van der Waals surface area contributed by atoms with Gasteiger partial charge in [0, 0.05) is 23.9 Å². The number of nitrogens with one attached hydrogen (secondary N) is 1.